The van der Waals surface area contributed by atoms with Gasteiger partial charge in [-0.3, -0.25) is 4.79 Å². The van der Waals surface area contributed by atoms with Crippen LogP contribution in [0.15, 0.2) is 0 Å². The molecule has 0 heterocycles. The van der Waals surface area contributed by atoms with E-state index in [0.717, 1.165) is 25.3 Å². The van der Waals surface area contributed by atoms with E-state index in [1.54, 1.807) is 0 Å². The zero-order valence-corrected chi connectivity index (χ0v) is 12.0. The maximum atomic E-state index is 12.4. The van der Waals surface area contributed by atoms with E-state index in [2.05, 4.69) is 17.1 Å². The second-order valence-electron chi connectivity index (χ2n) is 6.15. The Morgan fingerprint density at radius 1 is 1.11 bits per heavy atom. The van der Waals surface area contributed by atoms with Crippen LogP contribution in [0.4, 0.5) is 0 Å². The van der Waals surface area contributed by atoms with E-state index in [1.165, 1.54) is 38.5 Å². The van der Waals surface area contributed by atoms with Gasteiger partial charge in [-0.2, -0.15) is 0 Å². The molecule has 0 radical (unpaired) electrons. The highest BCUT2D eigenvalue weighted by Gasteiger charge is 2.37. The number of rotatable bonds is 6. The molecule has 104 valence electrons. The molecular weight excluding hydrogens is 224 g/mol. The minimum Gasteiger partial charge on any atom is -0.337 e. The molecule has 18 heavy (non-hydrogen) atoms. The highest BCUT2D eigenvalue weighted by Crippen LogP contribution is 2.35. The lowest BCUT2D eigenvalue weighted by atomic mass is 9.86. The molecule has 0 saturated heterocycles. The fourth-order valence-electron chi connectivity index (χ4n) is 3.12. The lowest BCUT2D eigenvalue weighted by Gasteiger charge is -2.36. The first-order chi connectivity index (χ1) is 8.72. The molecule has 2 aliphatic rings. The highest BCUT2D eigenvalue weighted by molar-refractivity contribution is 5.77. The molecule has 0 aliphatic heterocycles. The van der Waals surface area contributed by atoms with Crippen molar-refractivity contribution in [2.75, 3.05) is 13.6 Å². The molecule has 0 atom stereocenters. The Labute approximate surface area is 111 Å². The first kappa shape index (κ1) is 13.9. The zero-order chi connectivity index (χ0) is 13.0. The minimum atomic E-state index is 0.410. The summed E-state index contributed by atoms with van der Waals surface area (Å²) < 4.78 is 0. The van der Waals surface area contributed by atoms with Crippen molar-refractivity contribution >= 4 is 5.91 Å². The molecule has 0 aromatic carbocycles. The summed E-state index contributed by atoms with van der Waals surface area (Å²) in [5, 5.41) is 3.12. The number of nitrogens with zero attached hydrogens (tertiary/aromatic N) is 1. The van der Waals surface area contributed by atoms with E-state index in [-0.39, 0.29) is 0 Å². The van der Waals surface area contributed by atoms with Crippen molar-refractivity contribution in [2.45, 2.75) is 70.4 Å². The smallest absolute Gasteiger partial charge is 0.223 e. The number of hydrogen-bond donors (Lipinski definition) is 1. The summed E-state index contributed by atoms with van der Waals surface area (Å²) in [4.78, 5) is 14.6. The van der Waals surface area contributed by atoms with Crippen molar-refractivity contribution in [1.82, 2.24) is 10.2 Å². The van der Waals surface area contributed by atoms with E-state index < -0.39 is 0 Å². The minimum absolute atomic E-state index is 0.410. The standard InChI is InChI=1S/C15H28N2O/c1-12-5-7-13(8-6-12)17(14-9-10-14)15(18)4-3-11-16-2/h12-14,16H,3-11H2,1-2H3. The highest BCUT2D eigenvalue weighted by atomic mass is 16.2. The third-order valence-electron chi connectivity index (χ3n) is 4.42. The molecule has 2 rings (SSSR count). The number of hydrogen-bond acceptors (Lipinski definition) is 2. The molecule has 1 amide bonds. The number of amides is 1. The third-order valence-corrected chi connectivity index (χ3v) is 4.42. The van der Waals surface area contributed by atoms with Crippen LogP contribution in [0.1, 0.15) is 58.3 Å². The van der Waals surface area contributed by atoms with Gasteiger partial charge in [0.1, 0.15) is 0 Å². The fourth-order valence-corrected chi connectivity index (χ4v) is 3.12. The second kappa shape index (κ2) is 6.55. The van der Waals surface area contributed by atoms with Crippen LogP contribution in [0, 0.1) is 5.92 Å². The first-order valence-corrected chi connectivity index (χ1v) is 7.68. The van der Waals surface area contributed by atoms with Crippen LogP contribution >= 0.6 is 0 Å². The van der Waals surface area contributed by atoms with Crippen molar-refractivity contribution in [1.29, 1.82) is 0 Å². The summed E-state index contributed by atoms with van der Waals surface area (Å²) in [6.07, 6.45) is 9.25. The van der Waals surface area contributed by atoms with Gasteiger partial charge in [0, 0.05) is 18.5 Å². The van der Waals surface area contributed by atoms with Gasteiger partial charge >= 0.3 is 0 Å². The van der Waals surface area contributed by atoms with Crippen molar-refractivity contribution in [3.8, 4) is 0 Å². The quantitative estimate of drug-likeness (QED) is 0.737. The van der Waals surface area contributed by atoms with Crippen molar-refractivity contribution < 1.29 is 4.79 Å². The Bertz CT molecular complexity index is 268. The fraction of sp³-hybridized carbons (Fsp3) is 0.933. The van der Waals surface area contributed by atoms with Crippen LogP contribution in [0.25, 0.3) is 0 Å². The molecule has 3 heteroatoms. The maximum absolute atomic E-state index is 12.4. The lowest BCUT2D eigenvalue weighted by Crippen LogP contribution is -2.43. The predicted octanol–water partition coefficient (Wildman–Crippen LogP) is 2.56. The summed E-state index contributed by atoms with van der Waals surface area (Å²) in [6.45, 7) is 3.29. The van der Waals surface area contributed by atoms with E-state index in [1.807, 2.05) is 7.05 Å². The van der Waals surface area contributed by atoms with Crippen LogP contribution in [-0.2, 0) is 4.79 Å². The normalized spacial score (nSPS) is 28.1. The van der Waals surface area contributed by atoms with Crippen molar-refractivity contribution in [3.63, 3.8) is 0 Å². The summed E-state index contributed by atoms with van der Waals surface area (Å²) in [5.74, 6) is 1.27. The number of nitrogens with one attached hydrogen (secondary N) is 1. The van der Waals surface area contributed by atoms with Crippen molar-refractivity contribution in [2.24, 2.45) is 5.92 Å². The summed E-state index contributed by atoms with van der Waals surface area (Å²) in [6, 6.07) is 1.14. The Morgan fingerprint density at radius 3 is 2.17 bits per heavy atom. The lowest BCUT2D eigenvalue weighted by molar-refractivity contribution is -0.135. The average Bonchev–Trinajstić information content (AvgIpc) is 3.17. The zero-order valence-electron chi connectivity index (χ0n) is 12.0. The number of carbonyl (C=O) groups excluding carboxylic acids is 1. The SMILES string of the molecule is CNCCCC(=O)N(C1CCC(C)CC1)C1CC1. The van der Waals surface area contributed by atoms with Gasteiger partial charge in [0.15, 0.2) is 0 Å². The molecule has 0 spiro atoms. The molecule has 1 N–H and O–H groups in total. The van der Waals surface area contributed by atoms with Crippen molar-refractivity contribution in [3.05, 3.63) is 0 Å². The molecule has 0 aromatic rings. The Balaban J connectivity index is 1.85. The van der Waals surface area contributed by atoms with Crippen LogP contribution in [0.2, 0.25) is 0 Å². The van der Waals surface area contributed by atoms with Gasteiger partial charge < -0.3 is 10.2 Å². The molecule has 2 saturated carbocycles. The second-order valence-corrected chi connectivity index (χ2v) is 6.15. The number of carbonyl (C=O) groups is 1. The van der Waals surface area contributed by atoms with E-state index in [0.29, 0.717) is 18.0 Å². The van der Waals surface area contributed by atoms with Gasteiger partial charge in [0.05, 0.1) is 0 Å². The van der Waals surface area contributed by atoms with E-state index in [4.69, 9.17) is 0 Å². The molecular formula is C15H28N2O. The summed E-state index contributed by atoms with van der Waals surface area (Å²) in [7, 11) is 1.95. The van der Waals surface area contributed by atoms with E-state index in [9.17, 15) is 4.79 Å². The molecule has 0 aromatic heterocycles. The molecule has 2 aliphatic carbocycles. The average molecular weight is 252 g/mol. The molecule has 3 nitrogen and oxygen atoms in total. The molecule has 0 unspecified atom stereocenters. The molecule has 0 bridgehead atoms. The van der Waals surface area contributed by atoms with Crippen LogP contribution < -0.4 is 5.32 Å². The van der Waals surface area contributed by atoms with Gasteiger partial charge in [-0.05, 0) is 64.5 Å². The van der Waals surface area contributed by atoms with Gasteiger partial charge in [-0.1, -0.05) is 6.92 Å². The predicted molar refractivity (Wildman–Crippen MR) is 74.4 cm³/mol. The van der Waals surface area contributed by atoms with Crippen LogP contribution in [0.5, 0.6) is 0 Å². The first-order valence-electron chi connectivity index (χ1n) is 7.68. The Kier molecular flexibility index (Phi) is 5.04. The monoisotopic (exact) mass is 252 g/mol. The topological polar surface area (TPSA) is 32.3 Å². The van der Waals surface area contributed by atoms with Gasteiger partial charge in [-0.25, -0.2) is 0 Å². The van der Waals surface area contributed by atoms with Gasteiger partial charge in [0.2, 0.25) is 5.91 Å². The summed E-state index contributed by atoms with van der Waals surface area (Å²) in [5.41, 5.74) is 0. The Morgan fingerprint density at radius 2 is 1.67 bits per heavy atom. The third kappa shape index (κ3) is 3.71. The molecule has 2 fully saturated rings. The van der Waals surface area contributed by atoms with E-state index >= 15 is 0 Å². The van der Waals surface area contributed by atoms with Crippen LogP contribution in [0.3, 0.4) is 0 Å². The van der Waals surface area contributed by atoms with Crippen LogP contribution in [-0.4, -0.2) is 36.5 Å². The maximum Gasteiger partial charge on any atom is 0.223 e. The largest absolute Gasteiger partial charge is 0.337 e. The summed E-state index contributed by atoms with van der Waals surface area (Å²) >= 11 is 0. The van der Waals surface area contributed by atoms with Gasteiger partial charge in [0.25, 0.3) is 0 Å². The van der Waals surface area contributed by atoms with Gasteiger partial charge in [-0.15, -0.1) is 0 Å². The Hall–Kier alpha value is -0.570.